The SMILES string of the molecule is CCCCP(=O)(O)O.[Ca+2].[H-].[H-]. The first-order valence-corrected chi connectivity index (χ1v) is 4.40. The van der Waals surface area contributed by atoms with Crippen molar-refractivity contribution in [2.24, 2.45) is 0 Å². The van der Waals surface area contributed by atoms with Crippen LogP contribution < -0.4 is 0 Å². The van der Waals surface area contributed by atoms with Gasteiger partial charge in [0.1, 0.15) is 0 Å². The van der Waals surface area contributed by atoms with Gasteiger partial charge < -0.3 is 12.6 Å². The largest absolute Gasteiger partial charge is 2.00 e. The second-order valence-corrected chi connectivity index (χ2v) is 3.52. The Hall–Kier alpha value is 1.41. The Kier molecular flexibility index (Phi) is 8.89. The zero-order chi connectivity index (χ0) is 6.62. The van der Waals surface area contributed by atoms with Crippen molar-refractivity contribution in [1.29, 1.82) is 0 Å². The zero-order valence-electron chi connectivity index (χ0n) is 7.58. The fourth-order valence-electron chi connectivity index (χ4n) is 0.364. The van der Waals surface area contributed by atoms with Crippen LogP contribution in [0.2, 0.25) is 0 Å². The fourth-order valence-corrected chi connectivity index (χ4v) is 1.09. The van der Waals surface area contributed by atoms with Gasteiger partial charge in [0.15, 0.2) is 0 Å². The summed E-state index contributed by atoms with van der Waals surface area (Å²) in [6.07, 6.45) is 1.49. The molecule has 9 heavy (non-hydrogen) atoms. The van der Waals surface area contributed by atoms with Crippen molar-refractivity contribution in [3.8, 4) is 0 Å². The van der Waals surface area contributed by atoms with Gasteiger partial charge in [0.05, 0.1) is 0 Å². The molecule has 0 aromatic carbocycles. The molecule has 0 saturated carbocycles. The normalized spacial score (nSPS) is 10.6. The van der Waals surface area contributed by atoms with Gasteiger partial charge in [0.25, 0.3) is 0 Å². The minimum atomic E-state index is -3.68. The predicted molar refractivity (Wildman–Crippen MR) is 39.8 cm³/mol. The van der Waals surface area contributed by atoms with E-state index < -0.39 is 7.60 Å². The molecule has 0 aromatic heterocycles. The van der Waals surface area contributed by atoms with Crippen molar-refractivity contribution in [3.05, 3.63) is 0 Å². The van der Waals surface area contributed by atoms with Crippen LogP contribution in [-0.2, 0) is 4.57 Å². The van der Waals surface area contributed by atoms with Crippen molar-refractivity contribution in [2.75, 3.05) is 6.16 Å². The summed E-state index contributed by atoms with van der Waals surface area (Å²) in [5.74, 6) is 0. The molecular weight excluding hydrogens is 167 g/mol. The molecule has 0 atom stereocenters. The van der Waals surface area contributed by atoms with Crippen LogP contribution in [0.15, 0.2) is 0 Å². The summed E-state index contributed by atoms with van der Waals surface area (Å²) in [5, 5.41) is 0. The molecule has 0 rings (SSSR count). The molecular formula is C4H13CaO3P. The molecule has 0 amide bonds. The molecule has 2 N–H and O–H groups in total. The van der Waals surface area contributed by atoms with E-state index in [0.717, 1.165) is 6.42 Å². The monoisotopic (exact) mass is 180 g/mol. The molecule has 0 aliphatic carbocycles. The van der Waals surface area contributed by atoms with Gasteiger partial charge in [-0.3, -0.25) is 4.57 Å². The van der Waals surface area contributed by atoms with E-state index in [0.29, 0.717) is 6.42 Å². The Bertz CT molecular complexity index is 108. The molecule has 0 aliphatic heterocycles. The number of unbranched alkanes of at least 4 members (excludes halogenated alkanes) is 1. The van der Waals surface area contributed by atoms with Crippen molar-refractivity contribution in [2.45, 2.75) is 19.8 Å². The van der Waals surface area contributed by atoms with Crippen LogP contribution in [0, 0.1) is 0 Å². The van der Waals surface area contributed by atoms with Gasteiger partial charge in [0, 0.05) is 6.16 Å². The maximum atomic E-state index is 10.1. The number of rotatable bonds is 3. The fraction of sp³-hybridized carbons (Fsp3) is 1.00. The summed E-state index contributed by atoms with van der Waals surface area (Å²) >= 11 is 0. The Balaban J connectivity index is -0.0000000817. The summed E-state index contributed by atoms with van der Waals surface area (Å²) in [6, 6.07) is 0. The topological polar surface area (TPSA) is 57.5 Å². The van der Waals surface area contributed by atoms with Crippen molar-refractivity contribution in [1.82, 2.24) is 0 Å². The first-order chi connectivity index (χ1) is 3.56. The maximum absolute atomic E-state index is 10.1. The average molecular weight is 180 g/mol. The van der Waals surface area contributed by atoms with Crippen molar-refractivity contribution in [3.63, 3.8) is 0 Å². The third-order valence-electron chi connectivity index (χ3n) is 0.803. The van der Waals surface area contributed by atoms with Crippen LogP contribution in [0.3, 0.4) is 0 Å². The third kappa shape index (κ3) is 12.6. The molecule has 0 aliphatic rings. The minimum absolute atomic E-state index is 0. The molecule has 0 radical (unpaired) electrons. The second kappa shape index (κ2) is 6.14. The molecule has 54 valence electrons. The average Bonchev–Trinajstić information content (AvgIpc) is 1.59. The Labute approximate surface area is 88.0 Å². The van der Waals surface area contributed by atoms with Gasteiger partial charge in [-0.2, -0.15) is 0 Å². The van der Waals surface area contributed by atoms with Crippen LogP contribution in [-0.4, -0.2) is 53.7 Å². The van der Waals surface area contributed by atoms with Gasteiger partial charge in [-0.15, -0.1) is 0 Å². The second-order valence-electron chi connectivity index (χ2n) is 1.74. The van der Waals surface area contributed by atoms with E-state index in [-0.39, 0.29) is 46.8 Å². The summed E-state index contributed by atoms with van der Waals surface area (Å²) < 4.78 is 10.1. The molecule has 0 heterocycles. The zero-order valence-corrected chi connectivity index (χ0v) is 8.68. The molecule has 0 fully saturated rings. The quantitative estimate of drug-likeness (QED) is 0.499. The van der Waals surface area contributed by atoms with Crippen molar-refractivity contribution >= 4 is 45.3 Å². The Morgan fingerprint density at radius 1 is 1.56 bits per heavy atom. The van der Waals surface area contributed by atoms with E-state index in [9.17, 15) is 4.57 Å². The molecule has 5 heteroatoms. The van der Waals surface area contributed by atoms with E-state index >= 15 is 0 Å². The number of hydrogen-bond donors (Lipinski definition) is 2. The predicted octanol–water partition coefficient (Wildman–Crippen LogP) is 0.808. The van der Waals surface area contributed by atoms with E-state index in [2.05, 4.69) is 0 Å². The third-order valence-corrected chi connectivity index (χ3v) is 1.70. The molecule has 3 nitrogen and oxygen atoms in total. The van der Waals surface area contributed by atoms with Crippen LogP contribution in [0.5, 0.6) is 0 Å². The van der Waals surface area contributed by atoms with Crippen LogP contribution in [0.1, 0.15) is 22.6 Å². The molecule has 0 saturated heterocycles. The smallest absolute Gasteiger partial charge is 1.00 e. The molecule has 0 bridgehead atoms. The molecule has 0 unspecified atom stereocenters. The van der Waals surface area contributed by atoms with E-state index in [1.807, 2.05) is 6.92 Å². The number of hydrogen-bond acceptors (Lipinski definition) is 1. The maximum Gasteiger partial charge on any atom is 2.00 e. The summed E-state index contributed by atoms with van der Waals surface area (Å²) in [6.45, 7) is 1.90. The Morgan fingerprint density at radius 3 is 2.11 bits per heavy atom. The van der Waals surface area contributed by atoms with Gasteiger partial charge >= 0.3 is 45.3 Å². The van der Waals surface area contributed by atoms with Gasteiger partial charge in [-0.05, 0) is 6.42 Å². The standard InChI is InChI=1S/C4H11O3P.Ca.2H/c1-2-3-4-8(5,6)7;;;/h2-4H2,1H3,(H2,5,6,7);;;/q;+2;2*-1. The van der Waals surface area contributed by atoms with Gasteiger partial charge in [0.2, 0.25) is 0 Å². The van der Waals surface area contributed by atoms with Crippen molar-refractivity contribution < 1.29 is 17.2 Å². The van der Waals surface area contributed by atoms with Gasteiger partial charge in [-0.25, -0.2) is 0 Å². The Morgan fingerprint density at radius 2 is 2.00 bits per heavy atom. The summed E-state index contributed by atoms with van der Waals surface area (Å²) in [4.78, 5) is 16.5. The first-order valence-electron chi connectivity index (χ1n) is 2.61. The van der Waals surface area contributed by atoms with Gasteiger partial charge in [-0.1, -0.05) is 13.3 Å². The van der Waals surface area contributed by atoms with Crippen LogP contribution in [0.25, 0.3) is 0 Å². The van der Waals surface area contributed by atoms with Crippen LogP contribution in [0.4, 0.5) is 0 Å². The first kappa shape index (κ1) is 13.0. The molecule has 0 aromatic rings. The van der Waals surface area contributed by atoms with E-state index in [4.69, 9.17) is 9.79 Å². The summed E-state index contributed by atoms with van der Waals surface area (Å²) in [7, 11) is -3.68. The van der Waals surface area contributed by atoms with Crippen LogP contribution >= 0.6 is 7.60 Å². The van der Waals surface area contributed by atoms with E-state index in [1.165, 1.54) is 0 Å². The minimum Gasteiger partial charge on any atom is -1.00 e. The van der Waals surface area contributed by atoms with E-state index in [1.54, 1.807) is 0 Å². The molecule has 0 spiro atoms. The summed E-state index contributed by atoms with van der Waals surface area (Å²) in [5.41, 5.74) is 0.